The molecule has 3 N–H and O–H groups in total. The van der Waals surface area contributed by atoms with Gasteiger partial charge in [-0.05, 0) is 12.1 Å². The number of methoxy groups -OCH3 is 1. The molecule has 0 radical (unpaired) electrons. The van der Waals surface area contributed by atoms with Gasteiger partial charge in [-0.3, -0.25) is 10.2 Å². The molecule has 0 fully saturated rings. The van der Waals surface area contributed by atoms with E-state index in [4.69, 9.17) is 19.7 Å². The fourth-order valence-corrected chi connectivity index (χ4v) is 0.964. The molecule has 6 heteroatoms. The number of hydrazine groups is 1. The van der Waals surface area contributed by atoms with Gasteiger partial charge >= 0.3 is 5.91 Å². The number of nitrogens with one attached hydrogen (secondary N) is 1. The van der Waals surface area contributed by atoms with Crippen molar-refractivity contribution in [3.63, 3.8) is 0 Å². The van der Waals surface area contributed by atoms with E-state index in [9.17, 15) is 4.79 Å². The van der Waals surface area contributed by atoms with Crippen LogP contribution in [-0.2, 0) is 16.1 Å². The predicted octanol–water partition coefficient (Wildman–Crippen LogP) is 0.0461. The smallest absolute Gasteiger partial charge is 0.300 e. The van der Waals surface area contributed by atoms with E-state index >= 15 is 0 Å². The molecule has 0 atom stereocenters. The van der Waals surface area contributed by atoms with Gasteiger partial charge in [-0.15, -0.1) is 0 Å². The molecule has 1 aromatic rings. The molecule has 0 saturated heterocycles. The van der Waals surface area contributed by atoms with Crippen LogP contribution < -0.4 is 11.3 Å². The van der Waals surface area contributed by atoms with Crippen molar-refractivity contribution < 1.29 is 18.7 Å². The van der Waals surface area contributed by atoms with E-state index in [0.29, 0.717) is 25.6 Å². The Bertz CT molecular complexity index is 311. The highest BCUT2D eigenvalue weighted by Gasteiger charge is 2.08. The molecule has 1 aromatic heterocycles. The maximum Gasteiger partial charge on any atom is 0.300 e. The summed E-state index contributed by atoms with van der Waals surface area (Å²) in [6, 6.07) is 3.20. The van der Waals surface area contributed by atoms with Crippen molar-refractivity contribution in [2.75, 3.05) is 20.3 Å². The van der Waals surface area contributed by atoms with Gasteiger partial charge < -0.3 is 13.9 Å². The van der Waals surface area contributed by atoms with Crippen molar-refractivity contribution >= 4 is 5.91 Å². The zero-order valence-corrected chi connectivity index (χ0v) is 8.49. The number of furan rings is 1. The maximum atomic E-state index is 11.0. The molecular weight excluding hydrogens is 200 g/mol. The molecule has 0 spiro atoms. The third-order valence-electron chi connectivity index (χ3n) is 1.69. The second-order valence-electron chi connectivity index (χ2n) is 2.78. The van der Waals surface area contributed by atoms with Crippen LogP contribution in [0, 0.1) is 0 Å². The molecule has 0 aliphatic carbocycles. The molecule has 0 aliphatic rings. The second-order valence-corrected chi connectivity index (χ2v) is 2.78. The van der Waals surface area contributed by atoms with Crippen molar-refractivity contribution in [2.45, 2.75) is 6.61 Å². The van der Waals surface area contributed by atoms with Crippen LogP contribution in [0.25, 0.3) is 0 Å². The van der Waals surface area contributed by atoms with Crippen LogP contribution in [0.5, 0.6) is 0 Å². The lowest BCUT2D eigenvalue weighted by molar-refractivity contribution is 0.0530. The summed E-state index contributed by atoms with van der Waals surface area (Å²) in [5.41, 5.74) is 1.98. The summed E-state index contributed by atoms with van der Waals surface area (Å²) < 4.78 is 15.2. The molecule has 0 unspecified atom stereocenters. The third kappa shape index (κ3) is 3.70. The Balaban J connectivity index is 2.36. The fourth-order valence-electron chi connectivity index (χ4n) is 0.964. The van der Waals surface area contributed by atoms with Crippen LogP contribution >= 0.6 is 0 Å². The van der Waals surface area contributed by atoms with E-state index in [0.717, 1.165) is 0 Å². The zero-order chi connectivity index (χ0) is 11.1. The highest BCUT2D eigenvalue weighted by molar-refractivity contribution is 5.90. The summed E-state index contributed by atoms with van der Waals surface area (Å²) in [6.45, 7) is 1.31. The summed E-state index contributed by atoms with van der Waals surface area (Å²) in [7, 11) is 1.60. The van der Waals surface area contributed by atoms with Gasteiger partial charge in [0.05, 0.1) is 13.2 Å². The number of ether oxygens (including phenoxy) is 2. The molecule has 6 nitrogen and oxygen atoms in total. The zero-order valence-electron chi connectivity index (χ0n) is 8.49. The Morgan fingerprint density at radius 3 is 3.00 bits per heavy atom. The van der Waals surface area contributed by atoms with Gasteiger partial charge in [-0.1, -0.05) is 0 Å². The normalized spacial score (nSPS) is 10.3. The van der Waals surface area contributed by atoms with E-state index in [1.807, 2.05) is 5.43 Å². The number of amides is 1. The minimum absolute atomic E-state index is 0.169. The van der Waals surface area contributed by atoms with Gasteiger partial charge in [0.25, 0.3) is 0 Å². The predicted molar refractivity (Wildman–Crippen MR) is 51.9 cm³/mol. The molecule has 0 aromatic carbocycles. The topological polar surface area (TPSA) is 86.7 Å². The molecular formula is C9H14N2O4. The average Bonchev–Trinajstić information content (AvgIpc) is 2.72. The quantitative estimate of drug-likeness (QED) is 0.302. The SMILES string of the molecule is COCCOCc1ccc(C(=O)NN)o1. The lowest BCUT2D eigenvalue weighted by atomic mass is 10.4. The molecule has 15 heavy (non-hydrogen) atoms. The average molecular weight is 214 g/mol. The van der Waals surface area contributed by atoms with Crippen LogP contribution in [-0.4, -0.2) is 26.2 Å². The highest BCUT2D eigenvalue weighted by Crippen LogP contribution is 2.08. The summed E-state index contributed by atoms with van der Waals surface area (Å²) in [6.07, 6.45) is 0. The monoisotopic (exact) mass is 214 g/mol. The molecule has 1 heterocycles. The van der Waals surface area contributed by atoms with Crippen LogP contribution in [0.2, 0.25) is 0 Å². The van der Waals surface area contributed by atoms with Gasteiger partial charge in [-0.2, -0.15) is 0 Å². The first-order chi connectivity index (χ1) is 7.27. The van der Waals surface area contributed by atoms with Crippen LogP contribution in [0.1, 0.15) is 16.3 Å². The number of hydrogen-bond donors (Lipinski definition) is 2. The number of carbonyl (C=O) groups is 1. The Kier molecular flexibility index (Phi) is 4.82. The second kappa shape index (κ2) is 6.18. The number of carbonyl (C=O) groups excluding carboxylic acids is 1. The van der Waals surface area contributed by atoms with E-state index in [1.54, 1.807) is 13.2 Å². The molecule has 0 bridgehead atoms. The number of nitrogens with two attached hydrogens (primary N) is 1. The van der Waals surface area contributed by atoms with Crippen LogP contribution in [0.15, 0.2) is 16.5 Å². The molecule has 0 saturated carbocycles. The minimum atomic E-state index is -0.460. The first-order valence-electron chi connectivity index (χ1n) is 4.44. The first-order valence-corrected chi connectivity index (χ1v) is 4.44. The summed E-state index contributed by atoms with van der Waals surface area (Å²) in [4.78, 5) is 11.0. The molecule has 84 valence electrons. The first kappa shape index (κ1) is 11.7. The molecule has 1 rings (SSSR count). The van der Waals surface area contributed by atoms with Crippen LogP contribution in [0.3, 0.4) is 0 Å². The van der Waals surface area contributed by atoms with E-state index in [-0.39, 0.29) is 5.76 Å². The maximum absolute atomic E-state index is 11.0. The van der Waals surface area contributed by atoms with Gasteiger partial charge in [-0.25, -0.2) is 5.84 Å². The van der Waals surface area contributed by atoms with E-state index < -0.39 is 5.91 Å². The minimum Gasteiger partial charge on any atom is -0.453 e. The van der Waals surface area contributed by atoms with Crippen LogP contribution in [0.4, 0.5) is 0 Å². The fraction of sp³-hybridized carbons (Fsp3) is 0.444. The third-order valence-corrected chi connectivity index (χ3v) is 1.69. The van der Waals surface area contributed by atoms with Gasteiger partial charge in [0.1, 0.15) is 12.4 Å². The Morgan fingerprint density at radius 1 is 1.53 bits per heavy atom. The number of nitrogen functional groups attached to an aromatic ring is 1. The Labute approximate surface area is 87.3 Å². The molecule has 1 amide bonds. The van der Waals surface area contributed by atoms with Crippen molar-refractivity contribution in [1.29, 1.82) is 0 Å². The van der Waals surface area contributed by atoms with E-state index in [1.165, 1.54) is 6.07 Å². The number of rotatable bonds is 6. The van der Waals surface area contributed by atoms with Crippen molar-refractivity contribution in [1.82, 2.24) is 5.43 Å². The highest BCUT2D eigenvalue weighted by atomic mass is 16.5. The number of hydrogen-bond acceptors (Lipinski definition) is 5. The Morgan fingerprint density at radius 2 is 2.33 bits per heavy atom. The van der Waals surface area contributed by atoms with Gasteiger partial charge in [0, 0.05) is 7.11 Å². The summed E-state index contributed by atoms with van der Waals surface area (Å²) in [5, 5.41) is 0. The largest absolute Gasteiger partial charge is 0.453 e. The van der Waals surface area contributed by atoms with E-state index in [2.05, 4.69) is 0 Å². The molecule has 0 aliphatic heterocycles. The lowest BCUT2D eigenvalue weighted by Gasteiger charge is -2.00. The van der Waals surface area contributed by atoms with Crippen molar-refractivity contribution in [2.24, 2.45) is 5.84 Å². The van der Waals surface area contributed by atoms with Gasteiger partial charge in [0.15, 0.2) is 5.76 Å². The van der Waals surface area contributed by atoms with Crippen molar-refractivity contribution in [3.05, 3.63) is 23.7 Å². The lowest BCUT2D eigenvalue weighted by Crippen LogP contribution is -2.29. The summed E-state index contributed by atoms with van der Waals surface area (Å²) >= 11 is 0. The summed E-state index contributed by atoms with van der Waals surface area (Å²) in [5.74, 6) is 5.23. The van der Waals surface area contributed by atoms with Gasteiger partial charge in [0.2, 0.25) is 0 Å². The van der Waals surface area contributed by atoms with Crippen molar-refractivity contribution in [3.8, 4) is 0 Å². The standard InChI is InChI=1S/C9H14N2O4/c1-13-4-5-14-6-7-2-3-8(15-7)9(12)11-10/h2-3H,4-6,10H2,1H3,(H,11,12). The Hall–Kier alpha value is -1.37.